The lowest BCUT2D eigenvalue weighted by Crippen LogP contribution is -2.46. The minimum Gasteiger partial charge on any atom is -0.494 e. The van der Waals surface area contributed by atoms with Crippen molar-refractivity contribution in [3.05, 3.63) is 24.3 Å². The third-order valence-corrected chi connectivity index (χ3v) is 5.24. The highest BCUT2D eigenvalue weighted by Gasteiger charge is 2.16. The van der Waals surface area contributed by atoms with E-state index in [-0.39, 0.29) is 4.90 Å². The third kappa shape index (κ3) is 4.95. The van der Waals surface area contributed by atoms with E-state index < -0.39 is 10.0 Å². The number of hydrogen-bond acceptors (Lipinski definition) is 5. The molecule has 1 aromatic rings. The van der Waals surface area contributed by atoms with Gasteiger partial charge in [0, 0.05) is 39.3 Å². The van der Waals surface area contributed by atoms with Gasteiger partial charge in [-0.3, -0.25) is 4.90 Å². The molecule has 0 bridgehead atoms. The third-order valence-electron chi connectivity index (χ3n) is 3.76. The minimum absolute atomic E-state index is 0.273. The molecule has 0 amide bonds. The Balaban J connectivity index is 1.83. The summed E-state index contributed by atoms with van der Waals surface area (Å²) in [7, 11) is -1.34. The molecule has 1 aliphatic rings. The largest absolute Gasteiger partial charge is 0.494 e. The predicted octanol–water partition coefficient (Wildman–Crippen LogP) is 0.611. The zero-order chi connectivity index (χ0) is 16.0. The number of nitrogens with zero attached hydrogens (tertiary/aromatic N) is 2. The molecule has 0 atom stereocenters. The van der Waals surface area contributed by atoms with Crippen LogP contribution in [0.15, 0.2) is 29.2 Å². The summed E-state index contributed by atoms with van der Waals surface area (Å²) in [5.41, 5.74) is 0. The molecule has 1 aromatic carbocycles. The van der Waals surface area contributed by atoms with Crippen molar-refractivity contribution >= 4 is 10.0 Å². The lowest BCUT2D eigenvalue weighted by molar-refractivity contribution is 0.156. The zero-order valence-corrected chi connectivity index (χ0v) is 14.1. The molecule has 0 spiro atoms. The average molecular weight is 327 g/mol. The fraction of sp³-hybridized carbons (Fsp3) is 0.600. The SMILES string of the molecule is CCOc1ccc(S(=O)(=O)NCCN2CCN(C)CC2)cc1. The molecule has 6 nitrogen and oxygen atoms in total. The Morgan fingerprint density at radius 3 is 2.36 bits per heavy atom. The van der Waals surface area contributed by atoms with E-state index in [2.05, 4.69) is 21.6 Å². The molecule has 1 N–H and O–H groups in total. The summed E-state index contributed by atoms with van der Waals surface area (Å²) in [6.07, 6.45) is 0. The van der Waals surface area contributed by atoms with Crippen LogP contribution in [0, 0.1) is 0 Å². The molecule has 1 fully saturated rings. The molecule has 7 heteroatoms. The lowest BCUT2D eigenvalue weighted by Gasteiger charge is -2.32. The fourth-order valence-electron chi connectivity index (χ4n) is 2.37. The molecular weight excluding hydrogens is 302 g/mol. The van der Waals surface area contributed by atoms with Gasteiger partial charge < -0.3 is 9.64 Å². The van der Waals surface area contributed by atoms with Crippen molar-refractivity contribution in [2.45, 2.75) is 11.8 Å². The van der Waals surface area contributed by atoms with Crippen LogP contribution in [0.1, 0.15) is 6.92 Å². The highest BCUT2D eigenvalue weighted by molar-refractivity contribution is 7.89. The van der Waals surface area contributed by atoms with E-state index in [0.29, 0.717) is 18.9 Å². The number of nitrogens with one attached hydrogen (secondary N) is 1. The molecule has 124 valence electrons. The van der Waals surface area contributed by atoms with Gasteiger partial charge in [-0.05, 0) is 38.2 Å². The first-order valence-electron chi connectivity index (χ1n) is 7.64. The topological polar surface area (TPSA) is 61.9 Å². The van der Waals surface area contributed by atoms with E-state index in [1.54, 1.807) is 24.3 Å². The van der Waals surface area contributed by atoms with Crippen molar-refractivity contribution in [2.24, 2.45) is 0 Å². The van der Waals surface area contributed by atoms with Crippen LogP contribution in [-0.4, -0.2) is 71.1 Å². The molecule has 0 unspecified atom stereocenters. The molecule has 2 rings (SSSR count). The quantitative estimate of drug-likeness (QED) is 0.795. The summed E-state index contributed by atoms with van der Waals surface area (Å²) in [4.78, 5) is 4.83. The monoisotopic (exact) mass is 327 g/mol. The summed E-state index contributed by atoms with van der Waals surface area (Å²) in [6, 6.07) is 6.50. The summed E-state index contributed by atoms with van der Waals surface area (Å²) in [5.74, 6) is 0.680. The van der Waals surface area contributed by atoms with Crippen molar-refractivity contribution in [2.75, 3.05) is 52.9 Å². The van der Waals surface area contributed by atoms with Crippen molar-refractivity contribution < 1.29 is 13.2 Å². The Labute approximate surface area is 133 Å². The number of benzene rings is 1. The highest BCUT2D eigenvalue weighted by atomic mass is 32.2. The van der Waals surface area contributed by atoms with Crippen molar-refractivity contribution in [1.82, 2.24) is 14.5 Å². The van der Waals surface area contributed by atoms with E-state index in [9.17, 15) is 8.42 Å². The van der Waals surface area contributed by atoms with Crippen molar-refractivity contribution in [3.8, 4) is 5.75 Å². The van der Waals surface area contributed by atoms with Gasteiger partial charge in [0.2, 0.25) is 10.0 Å². The molecule has 0 aliphatic carbocycles. The van der Waals surface area contributed by atoms with Gasteiger partial charge in [-0.1, -0.05) is 0 Å². The van der Waals surface area contributed by atoms with Crippen molar-refractivity contribution in [1.29, 1.82) is 0 Å². The zero-order valence-electron chi connectivity index (χ0n) is 13.3. The molecule has 0 aromatic heterocycles. The average Bonchev–Trinajstić information content (AvgIpc) is 2.50. The molecule has 0 saturated carbocycles. The summed E-state index contributed by atoms with van der Waals surface area (Å²) >= 11 is 0. The predicted molar refractivity (Wildman–Crippen MR) is 86.7 cm³/mol. The Kier molecular flexibility index (Phi) is 6.19. The smallest absolute Gasteiger partial charge is 0.240 e. The van der Waals surface area contributed by atoms with E-state index in [0.717, 1.165) is 32.7 Å². The number of ether oxygens (including phenoxy) is 1. The highest BCUT2D eigenvalue weighted by Crippen LogP contribution is 2.15. The number of hydrogen-bond donors (Lipinski definition) is 1. The lowest BCUT2D eigenvalue weighted by atomic mass is 10.3. The number of sulfonamides is 1. The second kappa shape index (κ2) is 7.92. The molecule has 1 aliphatic heterocycles. The summed E-state index contributed by atoms with van der Waals surface area (Å²) in [5, 5.41) is 0. The first kappa shape index (κ1) is 17.2. The van der Waals surface area contributed by atoms with Crippen LogP contribution in [0.4, 0.5) is 0 Å². The van der Waals surface area contributed by atoms with Gasteiger partial charge in [0.1, 0.15) is 5.75 Å². The molecule has 0 radical (unpaired) electrons. The molecule has 22 heavy (non-hydrogen) atoms. The summed E-state index contributed by atoms with van der Waals surface area (Å²) in [6.45, 7) is 7.67. The Morgan fingerprint density at radius 2 is 1.77 bits per heavy atom. The number of rotatable bonds is 7. The second-order valence-corrected chi connectivity index (χ2v) is 7.21. The van der Waals surface area contributed by atoms with Gasteiger partial charge in [-0.2, -0.15) is 0 Å². The molecule has 1 saturated heterocycles. The van der Waals surface area contributed by atoms with E-state index in [4.69, 9.17) is 4.74 Å². The normalized spacial score (nSPS) is 17.5. The van der Waals surface area contributed by atoms with Crippen LogP contribution < -0.4 is 9.46 Å². The van der Waals surface area contributed by atoms with Crippen LogP contribution in [0.3, 0.4) is 0 Å². The maximum Gasteiger partial charge on any atom is 0.240 e. The Hall–Kier alpha value is -1.15. The number of piperazine rings is 1. The maximum atomic E-state index is 12.2. The first-order chi connectivity index (χ1) is 10.5. The molecular formula is C15H25N3O3S. The van der Waals surface area contributed by atoms with Crippen LogP contribution in [0.2, 0.25) is 0 Å². The minimum atomic E-state index is -3.45. The maximum absolute atomic E-state index is 12.2. The Bertz CT molecular complexity index is 552. The number of likely N-dealkylation sites (N-methyl/N-ethyl adjacent to an activating group) is 1. The second-order valence-electron chi connectivity index (χ2n) is 5.45. The van der Waals surface area contributed by atoms with Gasteiger partial charge >= 0.3 is 0 Å². The van der Waals surface area contributed by atoms with Gasteiger partial charge in [-0.15, -0.1) is 0 Å². The van der Waals surface area contributed by atoms with E-state index in [1.807, 2.05) is 6.92 Å². The van der Waals surface area contributed by atoms with Crippen LogP contribution >= 0.6 is 0 Å². The Morgan fingerprint density at radius 1 is 1.14 bits per heavy atom. The molecule has 1 heterocycles. The van der Waals surface area contributed by atoms with Crippen molar-refractivity contribution in [3.63, 3.8) is 0 Å². The van der Waals surface area contributed by atoms with Crippen LogP contribution in [-0.2, 0) is 10.0 Å². The van der Waals surface area contributed by atoms with Gasteiger partial charge in [0.05, 0.1) is 11.5 Å². The standard InChI is InChI=1S/C15H25N3O3S/c1-3-21-14-4-6-15(7-5-14)22(19,20)16-8-9-18-12-10-17(2)11-13-18/h4-7,16H,3,8-13H2,1-2H3. The van der Waals surface area contributed by atoms with Crippen LogP contribution in [0.25, 0.3) is 0 Å². The summed E-state index contributed by atoms with van der Waals surface area (Å²) < 4.78 is 32.4. The first-order valence-corrected chi connectivity index (χ1v) is 9.13. The van der Waals surface area contributed by atoms with Gasteiger partial charge in [0.15, 0.2) is 0 Å². The van der Waals surface area contributed by atoms with Gasteiger partial charge in [0.25, 0.3) is 0 Å². The van der Waals surface area contributed by atoms with E-state index >= 15 is 0 Å². The fourth-order valence-corrected chi connectivity index (χ4v) is 3.40. The van der Waals surface area contributed by atoms with Crippen LogP contribution in [0.5, 0.6) is 5.75 Å². The van der Waals surface area contributed by atoms with Gasteiger partial charge in [-0.25, -0.2) is 13.1 Å². The van der Waals surface area contributed by atoms with E-state index in [1.165, 1.54) is 0 Å².